The number of carboxylic acid groups (broad SMARTS) is 1. The minimum Gasteiger partial charge on any atom is -0.481 e. The molecule has 0 radical (unpaired) electrons. The quantitative estimate of drug-likeness (QED) is 0.817. The standard InChI is InChI=1S/C16H18BrFN2O3/c1-9-11(17)4-5-12(13(9)18)19-15(23)20-7-10-3-2-6-16(10,8-20)14(21)22/h4-5,10H,2-3,6-8H2,1H3,(H,19,23)(H,21,22)/t10-,16+/m0/s1. The molecule has 1 heterocycles. The molecule has 3 rings (SSSR count). The second kappa shape index (κ2) is 5.78. The average molecular weight is 385 g/mol. The molecule has 23 heavy (non-hydrogen) atoms. The Labute approximate surface area is 142 Å². The summed E-state index contributed by atoms with van der Waals surface area (Å²) in [6.45, 7) is 2.22. The first-order chi connectivity index (χ1) is 10.8. The van der Waals surface area contributed by atoms with Gasteiger partial charge < -0.3 is 15.3 Å². The molecule has 5 nitrogen and oxygen atoms in total. The van der Waals surface area contributed by atoms with Crippen molar-refractivity contribution >= 4 is 33.6 Å². The molecular formula is C16H18BrFN2O3. The fourth-order valence-corrected chi connectivity index (χ4v) is 4.05. The van der Waals surface area contributed by atoms with Gasteiger partial charge in [-0.15, -0.1) is 0 Å². The summed E-state index contributed by atoms with van der Waals surface area (Å²) in [7, 11) is 0. The Morgan fingerprint density at radius 1 is 1.48 bits per heavy atom. The second-order valence-electron chi connectivity index (χ2n) is 6.40. The van der Waals surface area contributed by atoms with Crippen molar-refractivity contribution < 1.29 is 19.1 Å². The lowest BCUT2D eigenvalue weighted by atomic mass is 9.81. The minimum atomic E-state index is -0.832. The molecular weight excluding hydrogens is 367 g/mol. The number of nitrogens with one attached hydrogen (secondary N) is 1. The van der Waals surface area contributed by atoms with E-state index < -0.39 is 23.2 Å². The van der Waals surface area contributed by atoms with Gasteiger partial charge in [0.25, 0.3) is 0 Å². The van der Waals surface area contributed by atoms with Crippen molar-refractivity contribution in [3.8, 4) is 0 Å². The van der Waals surface area contributed by atoms with Gasteiger partial charge in [-0.2, -0.15) is 0 Å². The number of amides is 2. The van der Waals surface area contributed by atoms with Gasteiger partial charge in [-0.3, -0.25) is 4.79 Å². The molecule has 1 saturated carbocycles. The van der Waals surface area contributed by atoms with Crippen LogP contribution in [-0.4, -0.2) is 35.1 Å². The Balaban J connectivity index is 1.76. The molecule has 1 aromatic rings. The lowest BCUT2D eigenvalue weighted by molar-refractivity contribution is -0.149. The number of hydrogen-bond acceptors (Lipinski definition) is 2. The van der Waals surface area contributed by atoms with Gasteiger partial charge in [0.15, 0.2) is 5.82 Å². The molecule has 0 bridgehead atoms. The Bertz CT molecular complexity index is 682. The van der Waals surface area contributed by atoms with E-state index in [1.807, 2.05) is 0 Å². The average Bonchev–Trinajstić information content (AvgIpc) is 3.06. The van der Waals surface area contributed by atoms with Gasteiger partial charge in [-0.25, -0.2) is 9.18 Å². The van der Waals surface area contributed by atoms with Crippen molar-refractivity contribution in [2.45, 2.75) is 26.2 Å². The SMILES string of the molecule is Cc1c(Br)ccc(NC(=O)N2C[C@@H]3CCC[C@@]3(C(=O)O)C2)c1F. The van der Waals surface area contributed by atoms with E-state index in [4.69, 9.17) is 0 Å². The third-order valence-electron chi connectivity index (χ3n) is 5.15. The molecule has 2 atom stereocenters. The topological polar surface area (TPSA) is 69.6 Å². The summed E-state index contributed by atoms with van der Waals surface area (Å²) in [6.07, 6.45) is 2.30. The van der Waals surface area contributed by atoms with Gasteiger partial charge in [0.05, 0.1) is 11.1 Å². The van der Waals surface area contributed by atoms with Crippen molar-refractivity contribution in [3.05, 3.63) is 28.0 Å². The number of rotatable bonds is 2. The van der Waals surface area contributed by atoms with E-state index in [9.17, 15) is 19.1 Å². The van der Waals surface area contributed by atoms with Gasteiger partial charge in [0.2, 0.25) is 0 Å². The zero-order valence-electron chi connectivity index (χ0n) is 12.7. The Hall–Kier alpha value is -1.63. The minimum absolute atomic E-state index is 0.0118. The number of anilines is 1. The molecule has 1 aliphatic carbocycles. The number of aliphatic carboxylic acids is 1. The predicted octanol–water partition coefficient (Wildman–Crippen LogP) is 3.62. The number of urea groups is 1. The third-order valence-corrected chi connectivity index (χ3v) is 6.00. The van der Waals surface area contributed by atoms with E-state index in [2.05, 4.69) is 21.2 Å². The van der Waals surface area contributed by atoms with Crippen LogP contribution >= 0.6 is 15.9 Å². The maximum absolute atomic E-state index is 14.2. The summed E-state index contributed by atoms with van der Waals surface area (Å²) >= 11 is 3.24. The first-order valence-electron chi connectivity index (χ1n) is 7.59. The predicted molar refractivity (Wildman–Crippen MR) is 86.8 cm³/mol. The van der Waals surface area contributed by atoms with Crippen LogP contribution in [0.4, 0.5) is 14.9 Å². The Morgan fingerprint density at radius 3 is 2.87 bits per heavy atom. The number of likely N-dealkylation sites (tertiary alicyclic amines) is 1. The third kappa shape index (κ3) is 2.60. The molecule has 2 amide bonds. The van der Waals surface area contributed by atoms with Crippen LogP contribution in [-0.2, 0) is 4.79 Å². The van der Waals surface area contributed by atoms with Crippen molar-refractivity contribution in [1.82, 2.24) is 4.90 Å². The number of nitrogens with zero attached hydrogens (tertiary/aromatic N) is 1. The Kier molecular flexibility index (Phi) is 4.08. The first kappa shape index (κ1) is 16.2. The van der Waals surface area contributed by atoms with Gasteiger partial charge in [0, 0.05) is 23.1 Å². The maximum atomic E-state index is 14.2. The van der Waals surface area contributed by atoms with Crippen molar-refractivity contribution in [1.29, 1.82) is 0 Å². The van der Waals surface area contributed by atoms with Crippen LogP contribution < -0.4 is 5.32 Å². The summed E-state index contributed by atoms with van der Waals surface area (Å²) in [5.41, 5.74) is -0.300. The smallest absolute Gasteiger partial charge is 0.321 e. The highest BCUT2D eigenvalue weighted by atomic mass is 79.9. The van der Waals surface area contributed by atoms with Crippen molar-refractivity contribution in [2.75, 3.05) is 18.4 Å². The summed E-state index contributed by atoms with van der Waals surface area (Å²) < 4.78 is 14.8. The number of carbonyl (C=O) groups is 2. The molecule has 1 aromatic carbocycles. The van der Waals surface area contributed by atoms with E-state index in [0.717, 1.165) is 12.8 Å². The molecule has 1 aliphatic heterocycles. The molecule has 2 aliphatic rings. The highest BCUT2D eigenvalue weighted by Crippen LogP contribution is 2.49. The van der Waals surface area contributed by atoms with Crippen LogP contribution in [0.5, 0.6) is 0 Å². The Morgan fingerprint density at radius 2 is 2.22 bits per heavy atom. The van der Waals surface area contributed by atoms with Crippen LogP contribution in [0.3, 0.4) is 0 Å². The van der Waals surface area contributed by atoms with Crippen molar-refractivity contribution in [2.24, 2.45) is 11.3 Å². The van der Waals surface area contributed by atoms with Crippen LogP contribution in [0, 0.1) is 24.1 Å². The van der Waals surface area contributed by atoms with Crippen LogP contribution in [0.15, 0.2) is 16.6 Å². The number of carbonyl (C=O) groups excluding carboxylic acids is 1. The first-order valence-corrected chi connectivity index (χ1v) is 8.38. The van der Waals surface area contributed by atoms with Crippen LogP contribution in [0.1, 0.15) is 24.8 Å². The maximum Gasteiger partial charge on any atom is 0.321 e. The molecule has 0 unspecified atom stereocenters. The lowest BCUT2D eigenvalue weighted by Gasteiger charge is -2.23. The number of halogens is 2. The number of benzene rings is 1. The molecule has 2 N–H and O–H groups in total. The molecule has 0 spiro atoms. The van der Waals surface area contributed by atoms with E-state index in [0.29, 0.717) is 23.0 Å². The molecule has 7 heteroatoms. The van der Waals surface area contributed by atoms with Gasteiger partial charge in [-0.05, 0) is 37.8 Å². The normalized spacial score (nSPS) is 26.2. The monoisotopic (exact) mass is 384 g/mol. The van der Waals surface area contributed by atoms with E-state index in [1.54, 1.807) is 13.0 Å². The summed E-state index contributed by atoms with van der Waals surface area (Å²) in [5.74, 6) is -1.33. The van der Waals surface area contributed by atoms with Crippen LogP contribution in [0.25, 0.3) is 0 Å². The molecule has 0 aromatic heterocycles. The fraction of sp³-hybridized carbons (Fsp3) is 0.500. The lowest BCUT2D eigenvalue weighted by Crippen LogP contribution is -2.38. The van der Waals surface area contributed by atoms with E-state index >= 15 is 0 Å². The summed E-state index contributed by atoms with van der Waals surface area (Å²) in [6, 6.07) is 2.72. The molecule has 1 saturated heterocycles. The van der Waals surface area contributed by atoms with Gasteiger partial charge >= 0.3 is 12.0 Å². The second-order valence-corrected chi connectivity index (χ2v) is 7.25. The van der Waals surface area contributed by atoms with Crippen molar-refractivity contribution in [3.63, 3.8) is 0 Å². The molecule has 124 valence electrons. The zero-order valence-corrected chi connectivity index (χ0v) is 14.3. The number of fused-ring (bicyclic) bond motifs is 1. The fourth-order valence-electron chi connectivity index (χ4n) is 3.75. The highest BCUT2D eigenvalue weighted by Gasteiger charge is 2.55. The largest absolute Gasteiger partial charge is 0.481 e. The van der Waals surface area contributed by atoms with E-state index in [-0.39, 0.29) is 18.2 Å². The summed E-state index contributed by atoms with van der Waals surface area (Å²) in [5, 5.41) is 12.1. The van der Waals surface area contributed by atoms with Gasteiger partial charge in [-0.1, -0.05) is 22.4 Å². The number of hydrogen-bond donors (Lipinski definition) is 2. The van der Waals surface area contributed by atoms with Gasteiger partial charge in [0.1, 0.15) is 0 Å². The van der Waals surface area contributed by atoms with E-state index in [1.165, 1.54) is 11.0 Å². The number of carboxylic acids is 1. The van der Waals surface area contributed by atoms with Crippen LogP contribution in [0.2, 0.25) is 0 Å². The zero-order chi connectivity index (χ0) is 16.8. The summed E-state index contributed by atoms with van der Waals surface area (Å²) in [4.78, 5) is 25.5. The highest BCUT2D eigenvalue weighted by molar-refractivity contribution is 9.10. The molecule has 2 fully saturated rings.